The molecule has 0 bridgehead atoms. The summed E-state index contributed by atoms with van der Waals surface area (Å²) in [5, 5.41) is 11.0. The number of benzene rings is 1. The molecule has 0 radical (unpaired) electrons. The highest BCUT2D eigenvalue weighted by Crippen LogP contribution is 2.29. The number of hydrogen-bond acceptors (Lipinski definition) is 8. The van der Waals surface area contributed by atoms with E-state index in [2.05, 4.69) is 56.4 Å². The SMILES string of the molecule is Cc1cc(C(=O)Nc2cc(C(C)(C)C)nn2C)cc(Nc2ncnc3cnc(N4CCCC4)nc23)c1C. The normalized spacial score (nSPS) is 13.8. The van der Waals surface area contributed by atoms with Crippen molar-refractivity contribution in [2.24, 2.45) is 7.05 Å². The fourth-order valence-corrected chi connectivity index (χ4v) is 4.39. The van der Waals surface area contributed by atoms with Crippen molar-refractivity contribution >= 4 is 40.2 Å². The van der Waals surface area contributed by atoms with Gasteiger partial charge in [-0.1, -0.05) is 20.8 Å². The number of amides is 1. The van der Waals surface area contributed by atoms with E-state index < -0.39 is 0 Å². The Balaban J connectivity index is 1.45. The molecule has 0 atom stereocenters. The van der Waals surface area contributed by atoms with Gasteiger partial charge in [0.2, 0.25) is 5.95 Å². The Morgan fingerprint density at radius 1 is 1.03 bits per heavy atom. The van der Waals surface area contributed by atoms with Crippen molar-refractivity contribution < 1.29 is 4.79 Å². The van der Waals surface area contributed by atoms with Gasteiger partial charge in [0, 0.05) is 42.9 Å². The largest absolute Gasteiger partial charge is 0.341 e. The lowest BCUT2D eigenvalue weighted by molar-refractivity contribution is 0.102. The summed E-state index contributed by atoms with van der Waals surface area (Å²) in [6.45, 7) is 12.2. The third kappa shape index (κ3) is 4.96. The average Bonchev–Trinajstić information content (AvgIpc) is 3.52. The second kappa shape index (κ2) is 9.42. The Morgan fingerprint density at radius 2 is 1.78 bits per heavy atom. The van der Waals surface area contributed by atoms with E-state index in [0.29, 0.717) is 34.2 Å². The highest BCUT2D eigenvalue weighted by molar-refractivity contribution is 6.05. The molecule has 192 valence electrons. The van der Waals surface area contributed by atoms with Gasteiger partial charge in [-0.05, 0) is 49.9 Å². The summed E-state index contributed by atoms with van der Waals surface area (Å²) in [5.74, 6) is 1.71. The van der Waals surface area contributed by atoms with Crippen LogP contribution in [0.25, 0.3) is 11.0 Å². The molecule has 1 fully saturated rings. The van der Waals surface area contributed by atoms with Crippen LogP contribution in [0.5, 0.6) is 0 Å². The molecule has 1 aliphatic heterocycles. The van der Waals surface area contributed by atoms with E-state index in [1.54, 1.807) is 10.9 Å². The summed E-state index contributed by atoms with van der Waals surface area (Å²) >= 11 is 0. The monoisotopic (exact) mass is 499 g/mol. The predicted molar refractivity (Wildman–Crippen MR) is 146 cm³/mol. The van der Waals surface area contributed by atoms with Crippen molar-refractivity contribution in [3.8, 4) is 0 Å². The molecule has 37 heavy (non-hydrogen) atoms. The van der Waals surface area contributed by atoms with Gasteiger partial charge >= 0.3 is 0 Å². The smallest absolute Gasteiger partial charge is 0.256 e. The van der Waals surface area contributed by atoms with Crippen LogP contribution in [0.3, 0.4) is 0 Å². The minimum Gasteiger partial charge on any atom is -0.341 e. The first-order valence-electron chi connectivity index (χ1n) is 12.6. The Hall–Kier alpha value is -4.08. The molecule has 4 aromatic rings. The predicted octanol–water partition coefficient (Wildman–Crippen LogP) is 4.66. The van der Waals surface area contributed by atoms with E-state index in [-0.39, 0.29) is 11.3 Å². The molecule has 0 aliphatic carbocycles. The van der Waals surface area contributed by atoms with Gasteiger partial charge < -0.3 is 15.5 Å². The summed E-state index contributed by atoms with van der Waals surface area (Å²) in [4.78, 5) is 33.6. The van der Waals surface area contributed by atoms with Crippen molar-refractivity contribution in [1.29, 1.82) is 0 Å². The third-order valence-electron chi connectivity index (χ3n) is 6.83. The highest BCUT2D eigenvalue weighted by atomic mass is 16.1. The van der Waals surface area contributed by atoms with Crippen LogP contribution in [0.15, 0.2) is 30.7 Å². The minimum atomic E-state index is -0.208. The van der Waals surface area contributed by atoms with Crippen LogP contribution >= 0.6 is 0 Å². The first kappa shape index (κ1) is 24.6. The van der Waals surface area contributed by atoms with Gasteiger partial charge in [0.1, 0.15) is 23.2 Å². The number of anilines is 4. The molecule has 2 N–H and O–H groups in total. The van der Waals surface area contributed by atoms with Crippen molar-refractivity contribution in [2.75, 3.05) is 28.6 Å². The van der Waals surface area contributed by atoms with E-state index >= 15 is 0 Å². The van der Waals surface area contributed by atoms with Gasteiger partial charge in [-0.25, -0.2) is 19.9 Å². The number of aryl methyl sites for hydroxylation is 2. The number of nitrogens with zero attached hydrogens (tertiary/aromatic N) is 7. The molecule has 1 amide bonds. The second-order valence-corrected chi connectivity index (χ2v) is 10.7. The maximum atomic E-state index is 13.3. The third-order valence-corrected chi connectivity index (χ3v) is 6.83. The summed E-state index contributed by atoms with van der Waals surface area (Å²) in [7, 11) is 1.83. The number of aromatic nitrogens is 6. The Labute approximate surface area is 216 Å². The van der Waals surface area contributed by atoms with Crippen LogP contribution in [0.1, 0.15) is 60.8 Å². The van der Waals surface area contributed by atoms with Crippen LogP contribution in [0, 0.1) is 13.8 Å². The summed E-state index contributed by atoms with van der Waals surface area (Å²) in [5.41, 5.74) is 5.44. The number of carbonyl (C=O) groups excluding carboxylic acids is 1. The average molecular weight is 500 g/mol. The first-order valence-corrected chi connectivity index (χ1v) is 12.6. The van der Waals surface area contributed by atoms with Gasteiger partial charge in [-0.2, -0.15) is 5.10 Å². The topological polar surface area (TPSA) is 114 Å². The van der Waals surface area contributed by atoms with E-state index in [1.807, 2.05) is 39.1 Å². The standard InChI is InChI=1S/C27H33N9O/c1-16-11-18(25(37)32-22-13-21(27(3,4)5)34-35(22)6)12-19(17(16)2)31-24-23-20(29-15-30-24)14-28-26(33-23)36-9-7-8-10-36/h11-15H,7-10H2,1-6H3,(H,32,37)(H,29,30,31). The van der Waals surface area contributed by atoms with Crippen molar-refractivity contribution in [1.82, 2.24) is 29.7 Å². The highest BCUT2D eigenvalue weighted by Gasteiger charge is 2.21. The lowest BCUT2D eigenvalue weighted by Crippen LogP contribution is -2.20. The van der Waals surface area contributed by atoms with Crippen molar-refractivity contribution in [3.05, 3.63) is 53.1 Å². The van der Waals surface area contributed by atoms with Gasteiger partial charge in [0.25, 0.3) is 5.91 Å². The van der Waals surface area contributed by atoms with Gasteiger partial charge in [0.15, 0.2) is 5.82 Å². The van der Waals surface area contributed by atoms with E-state index in [4.69, 9.17) is 4.98 Å². The van der Waals surface area contributed by atoms with Crippen molar-refractivity contribution in [2.45, 2.75) is 52.9 Å². The number of fused-ring (bicyclic) bond motifs is 1. The zero-order chi connectivity index (χ0) is 26.3. The quantitative estimate of drug-likeness (QED) is 0.407. The maximum absolute atomic E-state index is 13.3. The molecular weight excluding hydrogens is 466 g/mol. The van der Waals surface area contributed by atoms with Gasteiger partial charge in [-0.15, -0.1) is 0 Å². The number of carbonyl (C=O) groups is 1. The van der Waals surface area contributed by atoms with Crippen molar-refractivity contribution in [3.63, 3.8) is 0 Å². The Morgan fingerprint density at radius 3 is 2.49 bits per heavy atom. The summed E-state index contributed by atoms with van der Waals surface area (Å²) in [6.07, 6.45) is 5.52. The molecule has 4 heterocycles. The molecule has 3 aromatic heterocycles. The van der Waals surface area contributed by atoms with Gasteiger partial charge in [-0.3, -0.25) is 9.48 Å². The van der Waals surface area contributed by atoms with Crippen LogP contribution in [0.4, 0.5) is 23.3 Å². The minimum absolute atomic E-state index is 0.114. The van der Waals surface area contributed by atoms with Crippen LogP contribution < -0.4 is 15.5 Å². The number of rotatable bonds is 5. The zero-order valence-electron chi connectivity index (χ0n) is 22.3. The molecule has 0 unspecified atom stereocenters. The first-order chi connectivity index (χ1) is 17.6. The molecule has 0 saturated carbocycles. The maximum Gasteiger partial charge on any atom is 0.256 e. The fourth-order valence-electron chi connectivity index (χ4n) is 4.39. The fraction of sp³-hybridized carbons (Fsp3) is 0.407. The number of nitrogens with one attached hydrogen (secondary N) is 2. The summed E-state index contributed by atoms with van der Waals surface area (Å²) in [6, 6.07) is 5.65. The van der Waals surface area contributed by atoms with E-state index in [1.165, 1.54) is 6.33 Å². The lowest BCUT2D eigenvalue weighted by Gasteiger charge is -2.17. The Bertz CT molecular complexity index is 1480. The molecular formula is C27H33N9O. The molecule has 1 aliphatic rings. The van der Waals surface area contributed by atoms with E-state index in [0.717, 1.165) is 48.4 Å². The second-order valence-electron chi connectivity index (χ2n) is 10.7. The molecule has 1 saturated heterocycles. The Kier molecular flexibility index (Phi) is 6.26. The number of hydrogen-bond donors (Lipinski definition) is 2. The summed E-state index contributed by atoms with van der Waals surface area (Å²) < 4.78 is 1.70. The zero-order valence-corrected chi connectivity index (χ0v) is 22.3. The molecule has 10 heteroatoms. The molecule has 1 aromatic carbocycles. The van der Waals surface area contributed by atoms with Crippen LogP contribution in [0.2, 0.25) is 0 Å². The molecule has 10 nitrogen and oxygen atoms in total. The molecule has 0 spiro atoms. The van der Waals surface area contributed by atoms with E-state index in [9.17, 15) is 4.79 Å². The molecule has 5 rings (SSSR count). The lowest BCUT2D eigenvalue weighted by atomic mass is 9.92. The van der Waals surface area contributed by atoms with Crippen LogP contribution in [-0.2, 0) is 12.5 Å². The van der Waals surface area contributed by atoms with Gasteiger partial charge in [0.05, 0.1) is 11.9 Å². The van der Waals surface area contributed by atoms with Crippen LogP contribution in [-0.4, -0.2) is 48.7 Å².